The van der Waals surface area contributed by atoms with Gasteiger partial charge in [0.1, 0.15) is 0 Å². The molecule has 0 saturated carbocycles. The van der Waals surface area contributed by atoms with Crippen LogP contribution in [-0.4, -0.2) is 37.2 Å². The van der Waals surface area contributed by atoms with Crippen LogP contribution in [0.15, 0.2) is 18.2 Å². The summed E-state index contributed by atoms with van der Waals surface area (Å²) in [7, 11) is 0. The Labute approximate surface area is 141 Å². The zero-order valence-corrected chi connectivity index (χ0v) is 14.3. The number of benzene rings is 1. The molecule has 0 aromatic heterocycles. The molecule has 0 spiro atoms. The van der Waals surface area contributed by atoms with E-state index in [1.165, 1.54) is 0 Å². The van der Waals surface area contributed by atoms with E-state index in [1.54, 1.807) is 11.8 Å². The molecule has 7 heteroatoms. The number of nitrogens with one attached hydrogen (secondary N) is 1. The van der Waals surface area contributed by atoms with Crippen LogP contribution in [0.25, 0.3) is 0 Å². The zero-order chi connectivity index (χ0) is 15.1. The van der Waals surface area contributed by atoms with Crippen molar-refractivity contribution in [2.45, 2.75) is 25.4 Å². The van der Waals surface area contributed by atoms with Crippen molar-refractivity contribution in [3.05, 3.63) is 23.8 Å². The largest absolute Gasteiger partial charge is 0.490 e. The lowest BCUT2D eigenvalue weighted by Crippen LogP contribution is -2.40. The molecular formula is C15H23ClN2O3S. The summed E-state index contributed by atoms with van der Waals surface area (Å²) < 4.78 is 11.2. The van der Waals surface area contributed by atoms with E-state index >= 15 is 0 Å². The molecule has 0 saturated heterocycles. The van der Waals surface area contributed by atoms with E-state index in [0.29, 0.717) is 26.2 Å². The van der Waals surface area contributed by atoms with Gasteiger partial charge in [-0.25, -0.2) is 0 Å². The molecule has 0 bridgehead atoms. The molecule has 22 heavy (non-hydrogen) atoms. The Morgan fingerprint density at radius 1 is 1.36 bits per heavy atom. The summed E-state index contributed by atoms with van der Waals surface area (Å²) in [6.45, 7) is 1.78. The summed E-state index contributed by atoms with van der Waals surface area (Å²) in [5, 5.41) is 2.86. The highest BCUT2D eigenvalue weighted by Gasteiger charge is 2.14. The minimum absolute atomic E-state index is 0. The van der Waals surface area contributed by atoms with E-state index < -0.39 is 6.04 Å². The predicted molar refractivity (Wildman–Crippen MR) is 92.1 cm³/mol. The first kappa shape index (κ1) is 18.9. The van der Waals surface area contributed by atoms with Crippen molar-refractivity contribution in [3.8, 4) is 11.5 Å². The molecule has 5 nitrogen and oxygen atoms in total. The van der Waals surface area contributed by atoms with Crippen molar-refractivity contribution in [2.24, 2.45) is 5.73 Å². The highest BCUT2D eigenvalue weighted by molar-refractivity contribution is 7.98. The van der Waals surface area contributed by atoms with E-state index in [-0.39, 0.29) is 18.3 Å². The predicted octanol–water partition coefficient (Wildman–Crippen LogP) is 1.97. The van der Waals surface area contributed by atoms with E-state index in [1.807, 2.05) is 24.5 Å². The smallest absolute Gasteiger partial charge is 0.237 e. The number of carbonyl (C=O) groups is 1. The number of thioether (sulfide) groups is 1. The lowest BCUT2D eigenvalue weighted by Gasteiger charge is -2.13. The van der Waals surface area contributed by atoms with Crippen molar-refractivity contribution in [1.29, 1.82) is 0 Å². The average Bonchev–Trinajstić information content (AvgIpc) is 2.74. The number of halogens is 1. The highest BCUT2D eigenvalue weighted by atomic mass is 35.5. The molecule has 124 valence electrons. The monoisotopic (exact) mass is 346 g/mol. The first-order valence-corrected chi connectivity index (χ1v) is 8.51. The fourth-order valence-electron chi connectivity index (χ4n) is 2.01. The average molecular weight is 347 g/mol. The van der Waals surface area contributed by atoms with Gasteiger partial charge in [-0.3, -0.25) is 4.79 Å². The van der Waals surface area contributed by atoms with Crippen LogP contribution in [-0.2, 0) is 11.3 Å². The third-order valence-electron chi connectivity index (χ3n) is 3.25. The van der Waals surface area contributed by atoms with Gasteiger partial charge < -0.3 is 20.5 Å². The maximum Gasteiger partial charge on any atom is 0.237 e. The van der Waals surface area contributed by atoms with E-state index in [4.69, 9.17) is 15.2 Å². The van der Waals surface area contributed by atoms with Gasteiger partial charge in [-0.15, -0.1) is 12.4 Å². The number of rotatable bonds is 6. The quantitative estimate of drug-likeness (QED) is 0.823. The maximum absolute atomic E-state index is 11.9. The SMILES string of the molecule is CSCC[C@H](N)C(=O)NCc1ccc2c(c1)OCCCO2.Cl. The van der Waals surface area contributed by atoms with Gasteiger partial charge >= 0.3 is 0 Å². The molecule has 1 aliphatic rings. The van der Waals surface area contributed by atoms with Gasteiger partial charge in [0.15, 0.2) is 11.5 Å². The van der Waals surface area contributed by atoms with Gasteiger partial charge in [0.2, 0.25) is 5.91 Å². The fourth-order valence-corrected chi connectivity index (χ4v) is 2.50. The Hall–Kier alpha value is -1.11. The zero-order valence-electron chi connectivity index (χ0n) is 12.7. The summed E-state index contributed by atoms with van der Waals surface area (Å²) in [6, 6.07) is 5.28. The highest BCUT2D eigenvalue weighted by Crippen LogP contribution is 2.30. The topological polar surface area (TPSA) is 73.6 Å². The second kappa shape index (κ2) is 9.82. The van der Waals surface area contributed by atoms with Crippen LogP contribution in [0.5, 0.6) is 11.5 Å². The molecule has 1 aromatic rings. The maximum atomic E-state index is 11.9. The van der Waals surface area contributed by atoms with Gasteiger partial charge in [-0.2, -0.15) is 11.8 Å². The molecule has 0 unspecified atom stereocenters. The van der Waals surface area contributed by atoms with Gasteiger partial charge in [-0.1, -0.05) is 6.07 Å². The lowest BCUT2D eigenvalue weighted by molar-refractivity contribution is -0.122. The molecule has 1 amide bonds. The van der Waals surface area contributed by atoms with E-state index in [0.717, 1.165) is 29.2 Å². The molecular weight excluding hydrogens is 324 g/mol. The van der Waals surface area contributed by atoms with Crippen molar-refractivity contribution in [1.82, 2.24) is 5.32 Å². The molecule has 1 aromatic carbocycles. The standard InChI is InChI=1S/C15H22N2O3S.ClH/c1-21-8-5-12(16)15(18)17-10-11-3-4-13-14(9-11)20-7-2-6-19-13;/h3-4,9,12H,2,5-8,10,16H2,1H3,(H,17,18);1H/t12-;/m0./s1. The number of ether oxygens (including phenoxy) is 2. The number of hydrogen-bond acceptors (Lipinski definition) is 5. The van der Waals surface area contributed by atoms with Crippen LogP contribution in [0.3, 0.4) is 0 Å². The normalized spacial score (nSPS) is 14.5. The van der Waals surface area contributed by atoms with Crippen LogP contribution in [0.2, 0.25) is 0 Å². The molecule has 1 atom stereocenters. The summed E-state index contributed by atoms with van der Waals surface area (Å²) in [5.74, 6) is 2.28. The van der Waals surface area contributed by atoms with Gasteiger partial charge in [0.05, 0.1) is 19.3 Å². The molecule has 0 aliphatic carbocycles. The Morgan fingerprint density at radius 2 is 2.09 bits per heavy atom. The number of nitrogens with two attached hydrogens (primary N) is 1. The number of amides is 1. The van der Waals surface area contributed by atoms with Crippen LogP contribution in [0.1, 0.15) is 18.4 Å². The van der Waals surface area contributed by atoms with Crippen LogP contribution >= 0.6 is 24.2 Å². The van der Waals surface area contributed by atoms with Crippen molar-refractivity contribution >= 4 is 30.1 Å². The number of fused-ring (bicyclic) bond motifs is 1. The Bertz CT molecular complexity index is 488. The van der Waals surface area contributed by atoms with E-state index in [9.17, 15) is 4.79 Å². The Balaban J connectivity index is 0.00000242. The number of carbonyl (C=O) groups excluding carboxylic acids is 1. The van der Waals surface area contributed by atoms with Gasteiger partial charge in [0, 0.05) is 13.0 Å². The minimum Gasteiger partial charge on any atom is -0.490 e. The first-order valence-electron chi connectivity index (χ1n) is 7.11. The Morgan fingerprint density at radius 3 is 2.82 bits per heavy atom. The molecule has 2 rings (SSSR count). The van der Waals surface area contributed by atoms with Gasteiger partial charge in [-0.05, 0) is 36.1 Å². The third kappa shape index (κ3) is 5.59. The summed E-state index contributed by atoms with van der Waals surface area (Å²) in [5.41, 5.74) is 6.81. The first-order chi connectivity index (χ1) is 10.2. The lowest BCUT2D eigenvalue weighted by atomic mass is 10.2. The third-order valence-corrected chi connectivity index (χ3v) is 3.89. The summed E-state index contributed by atoms with van der Waals surface area (Å²) in [4.78, 5) is 11.9. The Kier molecular flexibility index (Phi) is 8.45. The van der Waals surface area contributed by atoms with Crippen molar-refractivity contribution < 1.29 is 14.3 Å². The molecule has 1 aliphatic heterocycles. The summed E-state index contributed by atoms with van der Waals surface area (Å²) >= 11 is 1.69. The van der Waals surface area contributed by atoms with Crippen molar-refractivity contribution in [3.63, 3.8) is 0 Å². The van der Waals surface area contributed by atoms with Crippen LogP contribution < -0.4 is 20.5 Å². The fraction of sp³-hybridized carbons (Fsp3) is 0.533. The molecule has 0 radical (unpaired) electrons. The minimum atomic E-state index is -0.446. The van der Waals surface area contributed by atoms with Crippen LogP contribution in [0, 0.1) is 0 Å². The number of hydrogen-bond donors (Lipinski definition) is 2. The van der Waals surface area contributed by atoms with Crippen LogP contribution in [0.4, 0.5) is 0 Å². The second-order valence-electron chi connectivity index (χ2n) is 4.94. The molecule has 1 heterocycles. The van der Waals surface area contributed by atoms with Gasteiger partial charge in [0.25, 0.3) is 0 Å². The summed E-state index contributed by atoms with van der Waals surface area (Å²) in [6.07, 6.45) is 3.57. The second-order valence-corrected chi connectivity index (χ2v) is 5.92. The van der Waals surface area contributed by atoms with Crippen molar-refractivity contribution in [2.75, 3.05) is 25.2 Å². The van der Waals surface area contributed by atoms with E-state index in [2.05, 4.69) is 5.32 Å². The molecule has 0 fully saturated rings. The molecule has 3 N–H and O–H groups in total.